The molecule has 0 spiro atoms. The van der Waals surface area contributed by atoms with Crippen molar-refractivity contribution in [1.29, 1.82) is 0 Å². The zero-order valence-corrected chi connectivity index (χ0v) is 19.7. The molecule has 4 aromatic rings. The second-order valence-electron chi connectivity index (χ2n) is 9.18. The van der Waals surface area contributed by atoms with E-state index < -0.39 is 11.7 Å². The molecular formula is C27H29N3O3. The number of benzene rings is 3. The Kier molecular flexibility index (Phi) is 5.85. The molecule has 6 nitrogen and oxygen atoms in total. The van der Waals surface area contributed by atoms with Gasteiger partial charge in [0.2, 0.25) is 5.91 Å². The van der Waals surface area contributed by atoms with Gasteiger partial charge in [0.1, 0.15) is 5.60 Å². The molecule has 0 unspecified atom stereocenters. The number of hydrogen-bond donors (Lipinski definition) is 2. The van der Waals surface area contributed by atoms with Crippen LogP contribution in [-0.4, -0.2) is 22.2 Å². The lowest BCUT2D eigenvalue weighted by Crippen LogP contribution is -2.32. The minimum atomic E-state index is -0.586. The third-order valence-electron chi connectivity index (χ3n) is 5.52. The average molecular weight is 444 g/mol. The van der Waals surface area contributed by atoms with Crippen LogP contribution in [0.4, 0.5) is 10.5 Å². The summed E-state index contributed by atoms with van der Waals surface area (Å²) in [5, 5.41) is 9.04. The van der Waals surface area contributed by atoms with Crippen molar-refractivity contribution in [3.05, 3.63) is 66.4 Å². The Hall–Kier alpha value is -3.80. The van der Waals surface area contributed by atoms with Crippen LogP contribution < -0.4 is 10.6 Å². The molecule has 0 bridgehead atoms. The number of hydrogen-bond acceptors (Lipinski definition) is 3. The Labute approximate surface area is 193 Å². The van der Waals surface area contributed by atoms with Crippen LogP contribution in [0.15, 0.2) is 60.7 Å². The molecule has 4 rings (SSSR count). The number of carbonyl (C=O) groups is 2. The second kappa shape index (κ2) is 8.62. The smallest absolute Gasteiger partial charge is 0.407 e. The summed E-state index contributed by atoms with van der Waals surface area (Å²) in [4.78, 5) is 24.3. The minimum absolute atomic E-state index is 0.170. The number of alkyl carbamates (subject to hydrolysis) is 1. The molecule has 1 aromatic heterocycles. The first kappa shape index (κ1) is 22.4. The van der Waals surface area contributed by atoms with E-state index in [1.54, 1.807) is 0 Å². The van der Waals surface area contributed by atoms with Crippen LogP contribution >= 0.6 is 0 Å². The minimum Gasteiger partial charge on any atom is -0.444 e. The maximum absolute atomic E-state index is 12.2. The Bertz CT molecular complexity index is 1360. The Balaban J connectivity index is 1.79. The summed E-state index contributed by atoms with van der Waals surface area (Å²) in [6, 6.07) is 20.8. The molecule has 0 radical (unpaired) electrons. The molecule has 170 valence electrons. The van der Waals surface area contributed by atoms with Gasteiger partial charge in [0, 0.05) is 19.4 Å². The van der Waals surface area contributed by atoms with Crippen molar-refractivity contribution < 1.29 is 14.3 Å². The highest BCUT2D eigenvalue weighted by molar-refractivity contribution is 6.06. The van der Waals surface area contributed by atoms with Gasteiger partial charge in [-0.15, -0.1) is 0 Å². The molecule has 33 heavy (non-hydrogen) atoms. The molecular weight excluding hydrogens is 414 g/mol. The molecule has 0 aliphatic heterocycles. The molecule has 0 saturated carbocycles. The third-order valence-corrected chi connectivity index (χ3v) is 5.52. The molecule has 0 aliphatic rings. The fourth-order valence-corrected chi connectivity index (χ4v) is 4.13. The quantitative estimate of drug-likeness (QED) is 0.407. The fourth-order valence-electron chi connectivity index (χ4n) is 4.13. The number of nitrogens with zero attached hydrogens (tertiary/aromatic N) is 1. The first-order valence-electron chi connectivity index (χ1n) is 11.0. The van der Waals surface area contributed by atoms with Crippen molar-refractivity contribution in [3.63, 3.8) is 0 Å². The molecule has 0 fully saturated rings. The average Bonchev–Trinajstić information content (AvgIpc) is 3.00. The topological polar surface area (TPSA) is 72.4 Å². The van der Waals surface area contributed by atoms with Crippen molar-refractivity contribution in [1.82, 2.24) is 9.88 Å². The molecule has 6 heteroatoms. The van der Waals surface area contributed by atoms with Crippen molar-refractivity contribution in [2.24, 2.45) is 7.05 Å². The molecule has 3 aromatic carbocycles. The number of aromatic nitrogens is 1. The van der Waals surface area contributed by atoms with E-state index in [4.69, 9.17) is 4.74 Å². The summed E-state index contributed by atoms with van der Waals surface area (Å²) >= 11 is 0. The molecule has 2 N–H and O–H groups in total. The van der Waals surface area contributed by atoms with Gasteiger partial charge in [0.25, 0.3) is 0 Å². The van der Waals surface area contributed by atoms with Gasteiger partial charge in [-0.3, -0.25) is 4.79 Å². The maximum Gasteiger partial charge on any atom is 0.407 e. The Morgan fingerprint density at radius 1 is 0.970 bits per heavy atom. The van der Waals surface area contributed by atoms with E-state index >= 15 is 0 Å². The number of amides is 2. The van der Waals surface area contributed by atoms with Gasteiger partial charge >= 0.3 is 6.09 Å². The lowest BCUT2D eigenvalue weighted by molar-refractivity contribution is -0.114. The third kappa shape index (κ3) is 4.70. The maximum atomic E-state index is 12.2. The number of fused-ring (bicyclic) bond motifs is 2. The van der Waals surface area contributed by atoms with Crippen molar-refractivity contribution in [2.45, 2.75) is 39.8 Å². The zero-order chi connectivity index (χ0) is 23.8. The van der Waals surface area contributed by atoms with Crippen LogP contribution in [0.2, 0.25) is 0 Å². The summed E-state index contributed by atoms with van der Waals surface area (Å²) in [5.41, 5.74) is 4.05. The summed E-state index contributed by atoms with van der Waals surface area (Å²) < 4.78 is 7.36. The van der Waals surface area contributed by atoms with E-state index in [9.17, 15) is 9.59 Å². The highest BCUT2D eigenvalue weighted by atomic mass is 16.6. The Morgan fingerprint density at radius 2 is 1.70 bits per heavy atom. The number of aryl methyl sites for hydroxylation is 1. The van der Waals surface area contributed by atoms with Crippen LogP contribution in [0.1, 0.15) is 33.4 Å². The summed E-state index contributed by atoms with van der Waals surface area (Å²) in [6.07, 6.45) is -0.502. The van der Waals surface area contributed by atoms with Crippen molar-refractivity contribution in [3.8, 4) is 11.1 Å². The number of rotatable bonds is 4. The van der Waals surface area contributed by atoms with E-state index in [1.165, 1.54) is 17.7 Å². The molecule has 0 atom stereocenters. The largest absolute Gasteiger partial charge is 0.444 e. The van der Waals surface area contributed by atoms with E-state index in [-0.39, 0.29) is 12.5 Å². The van der Waals surface area contributed by atoms with E-state index in [2.05, 4.69) is 59.2 Å². The summed E-state index contributed by atoms with van der Waals surface area (Å²) in [7, 11) is 1.93. The van der Waals surface area contributed by atoms with Gasteiger partial charge in [-0.1, -0.05) is 48.5 Å². The second-order valence-corrected chi connectivity index (χ2v) is 9.18. The lowest BCUT2D eigenvalue weighted by Gasteiger charge is -2.20. The van der Waals surface area contributed by atoms with E-state index in [1.807, 2.05) is 44.5 Å². The lowest BCUT2D eigenvalue weighted by atomic mass is 9.97. The first-order valence-corrected chi connectivity index (χ1v) is 11.0. The van der Waals surface area contributed by atoms with Gasteiger partial charge in [-0.2, -0.15) is 0 Å². The van der Waals surface area contributed by atoms with Crippen molar-refractivity contribution in [2.75, 3.05) is 5.32 Å². The number of nitrogens with one attached hydrogen (secondary N) is 2. The van der Waals surface area contributed by atoms with Crippen LogP contribution in [0, 0.1) is 0 Å². The van der Waals surface area contributed by atoms with Crippen LogP contribution in [0.25, 0.3) is 32.8 Å². The number of carbonyl (C=O) groups excluding carboxylic acids is 2. The first-order chi connectivity index (χ1) is 15.6. The molecule has 2 amide bonds. The highest BCUT2D eigenvalue weighted by Crippen LogP contribution is 2.36. The molecule has 0 aliphatic carbocycles. The predicted octanol–water partition coefficient (Wildman–Crippen LogP) is 5.98. The number of ether oxygens (including phenoxy) is 1. The monoisotopic (exact) mass is 443 g/mol. The van der Waals surface area contributed by atoms with E-state index in [0.717, 1.165) is 27.7 Å². The summed E-state index contributed by atoms with van der Waals surface area (Å²) in [5.74, 6) is -0.170. The molecule has 0 saturated heterocycles. The molecule has 1 heterocycles. The van der Waals surface area contributed by atoms with Crippen LogP contribution in [0.5, 0.6) is 0 Å². The Morgan fingerprint density at radius 3 is 2.42 bits per heavy atom. The normalized spacial score (nSPS) is 11.5. The van der Waals surface area contributed by atoms with Gasteiger partial charge in [-0.05, 0) is 54.8 Å². The van der Waals surface area contributed by atoms with E-state index in [0.29, 0.717) is 5.69 Å². The fraction of sp³-hybridized carbons (Fsp3) is 0.259. The predicted molar refractivity (Wildman–Crippen MR) is 133 cm³/mol. The van der Waals surface area contributed by atoms with Crippen LogP contribution in [-0.2, 0) is 23.1 Å². The van der Waals surface area contributed by atoms with Crippen molar-refractivity contribution >= 4 is 39.4 Å². The SMILES string of the molecule is CC(=O)Nc1c(CNC(=O)OC(C)(C)C)n(C)c2ccc(-c3cccc4ccccc34)cc12. The van der Waals surface area contributed by atoms with Gasteiger partial charge in [-0.25, -0.2) is 4.79 Å². The summed E-state index contributed by atoms with van der Waals surface area (Å²) in [6.45, 7) is 7.17. The highest BCUT2D eigenvalue weighted by Gasteiger charge is 2.20. The zero-order valence-electron chi connectivity index (χ0n) is 19.7. The van der Waals surface area contributed by atoms with Gasteiger partial charge in [0.05, 0.1) is 23.4 Å². The van der Waals surface area contributed by atoms with Gasteiger partial charge in [0.15, 0.2) is 0 Å². The van der Waals surface area contributed by atoms with Crippen LogP contribution in [0.3, 0.4) is 0 Å². The van der Waals surface area contributed by atoms with Gasteiger partial charge < -0.3 is 19.9 Å². The number of anilines is 1. The standard InChI is InChI=1S/C27H29N3O3/c1-17(31)29-25-22-15-19(21-12-8-10-18-9-6-7-11-20(18)21)13-14-23(22)30(5)24(25)16-28-26(32)33-27(2,3)4/h6-15H,16H2,1-5H3,(H,28,32)(H,29,31).